The molecule has 0 spiro atoms. The quantitative estimate of drug-likeness (QED) is 0.160. The molecule has 1 heterocycles. The van der Waals surface area contributed by atoms with Crippen LogP contribution in [0.4, 0.5) is 5.00 Å². The van der Waals surface area contributed by atoms with Crippen molar-refractivity contribution in [2.24, 2.45) is 0 Å². The molecular formula is C33H33NO5S. The van der Waals surface area contributed by atoms with Crippen LogP contribution < -0.4 is 14.8 Å². The maximum Gasteiger partial charge on any atom is 0.341 e. The second-order valence-corrected chi connectivity index (χ2v) is 10.2. The van der Waals surface area contributed by atoms with E-state index in [9.17, 15) is 9.59 Å². The Morgan fingerprint density at radius 2 is 1.73 bits per heavy atom. The molecule has 0 fully saturated rings. The Morgan fingerprint density at radius 3 is 2.45 bits per heavy atom. The minimum atomic E-state index is -0.470. The first-order valence-corrected chi connectivity index (χ1v) is 13.9. The molecular weight excluding hydrogens is 522 g/mol. The molecule has 0 radical (unpaired) electrons. The van der Waals surface area contributed by atoms with Gasteiger partial charge in [-0.25, -0.2) is 4.79 Å². The molecule has 1 aromatic heterocycles. The van der Waals surface area contributed by atoms with Crippen molar-refractivity contribution in [3.63, 3.8) is 0 Å². The molecule has 0 atom stereocenters. The van der Waals surface area contributed by atoms with Crippen LogP contribution in [0.1, 0.15) is 45.1 Å². The number of amides is 1. The van der Waals surface area contributed by atoms with Gasteiger partial charge in [0.1, 0.15) is 17.2 Å². The maximum absolute atomic E-state index is 12.9. The molecule has 0 aliphatic heterocycles. The van der Waals surface area contributed by atoms with Crippen LogP contribution in [0.2, 0.25) is 0 Å². The van der Waals surface area contributed by atoms with E-state index in [-0.39, 0.29) is 12.5 Å². The number of hydrogen-bond donors (Lipinski definition) is 1. The molecule has 1 N–H and O–H groups in total. The summed E-state index contributed by atoms with van der Waals surface area (Å²) in [4.78, 5) is 25.8. The molecule has 1 amide bonds. The molecule has 0 saturated heterocycles. The summed E-state index contributed by atoms with van der Waals surface area (Å²) in [7, 11) is 1.58. The van der Waals surface area contributed by atoms with E-state index in [1.165, 1.54) is 17.4 Å². The minimum absolute atomic E-state index is 0.237. The number of esters is 1. The second kappa shape index (κ2) is 13.1. The van der Waals surface area contributed by atoms with E-state index < -0.39 is 5.97 Å². The largest absolute Gasteiger partial charge is 0.493 e. The standard InChI is InChI=1S/C33H33NO5S/c1-6-38-33(36)31-27(25-14-11-21(2)23(4)17-25)20-40-32(31)34-30(35)16-13-24-12-15-28(29(18-24)37-5)39-19-26-10-8-7-9-22(26)3/h7-18,20H,6,19H2,1-5H3,(H,34,35). The lowest BCUT2D eigenvalue weighted by molar-refractivity contribution is -0.111. The fourth-order valence-corrected chi connectivity index (χ4v) is 5.10. The summed E-state index contributed by atoms with van der Waals surface area (Å²) in [5.41, 5.74) is 7.29. The monoisotopic (exact) mass is 555 g/mol. The molecule has 3 aromatic carbocycles. The van der Waals surface area contributed by atoms with Crippen molar-refractivity contribution < 1.29 is 23.8 Å². The molecule has 0 saturated carbocycles. The predicted octanol–water partition coefficient (Wildman–Crippen LogP) is 7.76. The van der Waals surface area contributed by atoms with E-state index in [1.807, 2.05) is 86.8 Å². The van der Waals surface area contributed by atoms with Crippen molar-refractivity contribution in [3.8, 4) is 22.6 Å². The van der Waals surface area contributed by atoms with Gasteiger partial charge in [-0.1, -0.05) is 48.5 Å². The fraction of sp³-hybridized carbons (Fsp3) is 0.212. The lowest BCUT2D eigenvalue weighted by Crippen LogP contribution is -2.12. The van der Waals surface area contributed by atoms with Crippen LogP contribution in [-0.4, -0.2) is 25.6 Å². The van der Waals surface area contributed by atoms with Gasteiger partial charge in [0.2, 0.25) is 5.91 Å². The van der Waals surface area contributed by atoms with Gasteiger partial charge in [0, 0.05) is 17.0 Å². The number of carbonyl (C=O) groups excluding carboxylic acids is 2. The van der Waals surface area contributed by atoms with Crippen LogP contribution in [0, 0.1) is 20.8 Å². The zero-order chi connectivity index (χ0) is 28.6. The number of nitrogens with one attached hydrogen (secondary N) is 1. The summed E-state index contributed by atoms with van der Waals surface area (Å²) < 4.78 is 16.8. The molecule has 0 unspecified atom stereocenters. The van der Waals surface area contributed by atoms with Crippen molar-refractivity contribution in [1.29, 1.82) is 0 Å². The Hall–Kier alpha value is -4.36. The Balaban J connectivity index is 1.50. The highest BCUT2D eigenvalue weighted by Gasteiger charge is 2.22. The molecule has 4 rings (SSSR count). The summed E-state index contributed by atoms with van der Waals surface area (Å²) in [6, 6.07) is 19.6. The first-order valence-electron chi connectivity index (χ1n) is 13.0. The van der Waals surface area contributed by atoms with Crippen molar-refractivity contribution in [2.45, 2.75) is 34.3 Å². The number of hydrogen-bond acceptors (Lipinski definition) is 6. The van der Waals surface area contributed by atoms with Crippen LogP contribution >= 0.6 is 11.3 Å². The van der Waals surface area contributed by atoms with Crippen LogP contribution in [0.3, 0.4) is 0 Å². The third-order valence-electron chi connectivity index (χ3n) is 6.58. The van der Waals surface area contributed by atoms with E-state index in [0.29, 0.717) is 28.7 Å². The highest BCUT2D eigenvalue weighted by molar-refractivity contribution is 7.15. The van der Waals surface area contributed by atoms with E-state index in [4.69, 9.17) is 14.2 Å². The number of aryl methyl sites for hydroxylation is 3. The summed E-state index contributed by atoms with van der Waals surface area (Å²) in [5.74, 6) is 0.348. The van der Waals surface area contributed by atoms with Crippen LogP contribution in [0.25, 0.3) is 17.2 Å². The lowest BCUT2D eigenvalue weighted by atomic mass is 9.99. The van der Waals surface area contributed by atoms with Crippen molar-refractivity contribution in [1.82, 2.24) is 0 Å². The number of anilines is 1. The third kappa shape index (κ3) is 6.79. The van der Waals surface area contributed by atoms with Crippen LogP contribution in [0.5, 0.6) is 11.5 Å². The van der Waals surface area contributed by atoms with Crippen molar-refractivity contribution in [2.75, 3.05) is 19.0 Å². The smallest absolute Gasteiger partial charge is 0.341 e. The third-order valence-corrected chi connectivity index (χ3v) is 7.48. The van der Waals surface area contributed by atoms with Crippen LogP contribution in [-0.2, 0) is 16.1 Å². The number of methoxy groups -OCH3 is 1. The predicted molar refractivity (Wildman–Crippen MR) is 161 cm³/mol. The maximum atomic E-state index is 12.9. The molecule has 206 valence electrons. The average molecular weight is 556 g/mol. The van der Waals surface area contributed by atoms with Crippen LogP contribution in [0.15, 0.2) is 72.1 Å². The van der Waals surface area contributed by atoms with E-state index in [0.717, 1.165) is 38.9 Å². The van der Waals surface area contributed by atoms with Gasteiger partial charge < -0.3 is 19.5 Å². The fourth-order valence-electron chi connectivity index (χ4n) is 4.14. The number of benzene rings is 3. The first kappa shape index (κ1) is 28.6. The number of carbonyl (C=O) groups is 2. The molecule has 0 bridgehead atoms. The topological polar surface area (TPSA) is 73.9 Å². The van der Waals surface area contributed by atoms with Crippen molar-refractivity contribution >= 4 is 34.3 Å². The average Bonchev–Trinajstić information content (AvgIpc) is 3.36. The molecule has 40 heavy (non-hydrogen) atoms. The number of thiophene rings is 1. The number of ether oxygens (including phenoxy) is 3. The second-order valence-electron chi connectivity index (χ2n) is 9.32. The van der Waals surface area contributed by atoms with Gasteiger partial charge in [0.25, 0.3) is 0 Å². The van der Waals surface area contributed by atoms with E-state index in [1.54, 1.807) is 20.1 Å². The molecule has 0 aliphatic carbocycles. The van der Waals surface area contributed by atoms with Gasteiger partial charge in [-0.05, 0) is 79.3 Å². The Labute approximate surface area is 239 Å². The van der Waals surface area contributed by atoms with Gasteiger partial charge in [-0.3, -0.25) is 4.79 Å². The van der Waals surface area contributed by atoms with Crippen molar-refractivity contribution in [3.05, 3.63) is 106 Å². The Morgan fingerprint density at radius 1 is 0.925 bits per heavy atom. The van der Waals surface area contributed by atoms with Gasteiger partial charge >= 0.3 is 5.97 Å². The zero-order valence-corrected chi connectivity index (χ0v) is 24.2. The molecule has 4 aromatic rings. The molecule has 7 heteroatoms. The van der Waals surface area contributed by atoms with Gasteiger partial charge in [0.05, 0.1) is 13.7 Å². The van der Waals surface area contributed by atoms with E-state index >= 15 is 0 Å². The molecule has 6 nitrogen and oxygen atoms in total. The van der Waals surface area contributed by atoms with E-state index in [2.05, 4.69) is 5.32 Å². The number of rotatable bonds is 10. The normalized spacial score (nSPS) is 10.9. The van der Waals surface area contributed by atoms with Gasteiger partial charge in [0.15, 0.2) is 11.5 Å². The SMILES string of the molecule is CCOC(=O)c1c(-c2ccc(C)c(C)c2)csc1NC(=O)C=Cc1ccc(OCc2ccccc2C)c(OC)c1. The first-order chi connectivity index (χ1) is 19.3. The summed E-state index contributed by atoms with van der Waals surface area (Å²) in [6.45, 7) is 8.54. The van der Waals surface area contributed by atoms with Gasteiger partial charge in [-0.2, -0.15) is 0 Å². The Bertz CT molecular complexity index is 1550. The Kier molecular flexibility index (Phi) is 9.40. The zero-order valence-electron chi connectivity index (χ0n) is 23.4. The summed E-state index contributed by atoms with van der Waals surface area (Å²) >= 11 is 1.29. The summed E-state index contributed by atoms with van der Waals surface area (Å²) in [6.07, 6.45) is 3.11. The molecule has 0 aliphatic rings. The lowest BCUT2D eigenvalue weighted by Gasteiger charge is -2.12. The summed E-state index contributed by atoms with van der Waals surface area (Å²) in [5, 5.41) is 5.17. The van der Waals surface area contributed by atoms with Gasteiger partial charge in [-0.15, -0.1) is 11.3 Å². The minimum Gasteiger partial charge on any atom is -0.493 e. The highest BCUT2D eigenvalue weighted by atomic mass is 32.1. The highest BCUT2D eigenvalue weighted by Crippen LogP contribution is 2.37.